The lowest BCUT2D eigenvalue weighted by Crippen LogP contribution is -2.23. The highest BCUT2D eigenvalue weighted by atomic mass is 19.4. The summed E-state index contributed by atoms with van der Waals surface area (Å²) in [5, 5.41) is 3.01. The third-order valence-electron chi connectivity index (χ3n) is 4.70. The Kier molecular flexibility index (Phi) is 3.88. The van der Waals surface area contributed by atoms with Crippen molar-refractivity contribution < 1.29 is 26.3 Å². The molecule has 158 valence electrons. The Morgan fingerprint density at radius 3 is 2.58 bits per heavy atom. The lowest BCUT2D eigenvalue weighted by Gasteiger charge is -2.14. The van der Waals surface area contributed by atoms with E-state index in [1.54, 1.807) is 6.07 Å². The van der Waals surface area contributed by atoms with E-state index in [4.69, 9.17) is 0 Å². The van der Waals surface area contributed by atoms with Crippen LogP contribution in [0.2, 0.25) is 0 Å². The Hall–Kier alpha value is -3.90. The van der Waals surface area contributed by atoms with Gasteiger partial charge in [-0.3, -0.25) is 9.20 Å². The van der Waals surface area contributed by atoms with Crippen molar-refractivity contribution >= 4 is 27.6 Å². The van der Waals surface area contributed by atoms with Crippen molar-refractivity contribution in [2.24, 2.45) is 0 Å². The second kappa shape index (κ2) is 6.30. The van der Waals surface area contributed by atoms with Crippen molar-refractivity contribution in [1.29, 1.82) is 0 Å². The molecule has 0 radical (unpaired) electrons. The summed E-state index contributed by atoms with van der Waals surface area (Å²) in [6.07, 6.45) is -1.55. The molecule has 5 aromatic heterocycles. The first-order chi connectivity index (χ1) is 14.7. The summed E-state index contributed by atoms with van der Waals surface area (Å²) in [6, 6.07) is 4.97. The molecule has 0 unspecified atom stereocenters. The molecule has 5 heterocycles. The summed E-state index contributed by atoms with van der Waals surface area (Å²) in [5.74, 6) is -1.69. The summed E-state index contributed by atoms with van der Waals surface area (Å²) in [4.78, 5) is 20.6. The minimum atomic E-state index is -5.15. The third kappa shape index (κ3) is 2.76. The molecule has 7 nitrogen and oxygen atoms in total. The number of aromatic nitrogens is 6. The Bertz CT molecular complexity index is 1550. The van der Waals surface area contributed by atoms with Gasteiger partial charge in [0.15, 0.2) is 17.0 Å². The van der Waals surface area contributed by atoms with Crippen LogP contribution in [-0.4, -0.2) is 28.7 Å². The summed E-state index contributed by atoms with van der Waals surface area (Å²) in [7, 11) is 0. The van der Waals surface area contributed by atoms with E-state index in [0.717, 1.165) is 10.8 Å². The molecule has 0 saturated carbocycles. The van der Waals surface area contributed by atoms with Crippen LogP contribution in [0.25, 0.3) is 33.4 Å². The van der Waals surface area contributed by atoms with Crippen molar-refractivity contribution in [3.8, 4) is 5.82 Å². The standard InChI is InChI=1S/C18H8F6N6O/c19-10-6-8-9-7-29(17(20)21)27-13(9)16(31)30(15(8)26-14(10)18(22,23)24)12-3-1-2-11-25-4-5-28(11)12/h1-7,17H. The predicted molar refractivity (Wildman–Crippen MR) is 95.6 cm³/mol. The van der Waals surface area contributed by atoms with Gasteiger partial charge < -0.3 is 0 Å². The summed E-state index contributed by atoms with van der Waals surface area (Å²) in [6.45, 7) is -3.13. The van der Waals surface area contributed by atoms with Crippen LogP contribution in [0.1, 0.15) is 12.2 Å². The molecule has 0 aliphatic heterocycles. The Morgan fingerprint density at radius 1 is 1.10 bits per heavy atom. The van der Waals surface area contributed by atoms with Crippen LogP contribution in [0.3, 0.4) is 0 Å². The van der Waals surface area contributed by atoms with E-state index in [1.807, 2.05) is 0 Å². The van der Waals surface area contributed by atoms with Crippen LogP contribution in [0.5, 0.6) is 0 Å². The highest BCUT2D eigenvalue weighted by molar-refractivity contribution is 6.03. The zero-order valence-electron chi connectivity index (χ0n) is 15.0. The Balaban J connectivity index is 2.02. The molecular weight excluding hydrogens is 430 g/mol. The van der Waals surface area contributed by atoms with Gasteiger partial charge in [-0.15, -0.1) is 0 Å². The molecule has 0 aliphatic rings. The third-order valence-corrected chi connectivity index (χ3v) is 4.70. The molecule has 0 atom stereocenters. The first-order valence-corrected chi connectivity index (χ1v) is 8.59. The fraction of sp³-hybridized carbons (Fsp3) is 0.111. The minimum Gasteiger partial charge on any atom is -0.285 e. The zero-order valence-corrected chi connectivity index (χ0v) is 15.0. The number of pyridine rings is 3. The summed E-state index contributed by atoms with van der Waals surface area (Å²) in [5.41, 5.74) is -3.54. The largest absolute Gasteiger partial charge is 0.436 e. The number of halogens is 6. The highest BCUT2D eigenvalue weighted by Gasteiger charge is 2.37. The molecule has 0 fully saturated rings. The van der Waals surface area contributed by atoms with Gasteiger partial charge in [-0.2, -0.15) is 27.1 Å². The molecule has 0 spiro atoms. The van der Waals surface area contributed by atoms with Gasteiger partial charge in [0, 0.05) is 29.4 Å². The van der Waals surface area contributed by atoms with Gasteiger partial charge in [0.25, 0.3) is 5.56 Å². The van der Waals surface area contributed by atoms with E-state index >= 15 is 0 Å². The number of fused-ring (bicyclic) bond motifs is 4. The quantitative estimate of drug-likeness (QED) is 0.392. The van der Waals surface area contributed by atoms with Gasteiger partial charge in [0.2, 0.25) is 0 Å². The number of hydrogen-bond donors (Lipinski definition) is 0. The van der Waals surface area contributed by atoms with E-state index in [-0.39, 0.29) is 21.3 Å². The fourth-order valence-corrected chi connectivity index (χ4v) is 3.42. The number of imidazole rings is 1. The number of rotatable bonds is 2. The van der Waals surface area contributed by atoms with Gasteiger partial charge in [-0.1, -0.05) is 6.07 Å². The molecule has 0 saturated heterocycles. The van der Waals surface area contributed by atoms with Crippen molar-refractivity contribution in [1.82, 2.24) is 28.7 Å². The SMILES string of the molecule is O=c1c2nn(C(F)F)cc2c2cc(F)c(C(F)(F)F)nc2n1-c1cccc2nccn12. The average Bonchev–Trinajstić information content (AvgIpc) is 3.35. The maximum atomic E-state index is 14.3. The van der Waals surface area contributed by atoms with Gasteiger partial charge in [0.05, 0.1) is 0 Å². The second-order valence-corrected chi connectivity index (χ2v) is 6.52. The zero-order chi connectivity index (χ0) is 22.1. The predicted octanol–water partition coefficient (Wildman–Crippen LogP) is 3.94. The van der Waals surface area contributed by atoms with Crippen molar-refractivity contribution in [3.05, 3.63) is 64.7 Å². The molecular formula is C18H8F6N6O. The van der Waals surface area contributed by atoms with Crippen LogP contribution in [0, 0.1) is 5.82 Å². The molecule has 5 rings (SSSR count). The van der Waals surface area contributed by atoms with Gasteiger partial charge >= 0.3 is 12.7 Å². The molecule has 0 amide bonds. The molecule has 0 N–H and O–H groups in total. The smallest absolute Gasteiger partial charge is 0.285 e. The molecule has 13 heteroatoms. The number of alkyl halides is 5. The highest BCUT2D eigenvalue weighted by Crippen LogP contribution is 2.33. The van der Waals surface area contributed by atoms with Gasteiger partial charge in [-0.05, 0) is 18.2 Å². The maximum absolute atomic E-state index is 14.3. The average molecular weight is 438 g/mol. The van der Waals surface area contributed by atoms with Crippen LogP contribution in [-0.2, 0) is 6.18 Å². The second-order valence-electron chi connectivity index (χ2n) is 6.52. The molecule has 0 aromatic carbocycles. The minimum absolute atomic E-state index is 0.0192. The molecule has 0 bridgehead atoms. The van der Waals surface area contributed by atoms with Gasteiger partial charge in [-0.25, -0.2) is 23.6 Å². The Labute approximate surface area is 166 Å². The lowest BCUT2D eigenvalue weighted by atomic mass is 10.1. The topological polar surface area (TPSA) is 70.0 Å². The van der Waals surface area contributed by atoms with Crippen LogP contribution in [0.15, 0.2) is 47.7 Å². The van der Waals surface area contributed by atoms with Crippen LogP contribution in [0.4, 0.5) is 26.3 Å². The van der Waals surface area contributed by atoms with E-state index in [9.17, 15) is 31.1 Å². The number of hydrogen-bond acceptors (Lipinski definition) is 4. The van der Waals surface area contributed by atoms with Crippen molar-refractivity contribution in [2.75, 3.05) is 0 Å². The fourth-order valence-electron chi connectivity index (χ4n) is 3.42. The van der Waals surface area contributed by atoms with E-state index < -0.39 is 41.0 Å². The molecule has 5 aromatic rings. The van der Waals surface area contributed by atoms with Gasteiger partial charge in [0.1, 0.15) is 17.1 Å². The van der Waals surface area contributed by atoms with Crippen molar-refractivity contribution in [3.63, 3.8) is 0 Å². The monoisotopic (exact) mass is 438 g/mol. The van der Waals surface area contributed by atoms with E-state index in [0.29, 0.717) is 11.7 Å². The van der Waals surface area contributed by atoms with Crippen LogP contribution >= 0.6 is 0 Å². The molecule has 0 aliphatic carbocycles. The first kappa shape index (κ1) is 19.1. The van der Waals surface area contributed by atoms with E-state index in [2.05, 4.69) is 15.1 Å². The Morgan fingerprint density at radius 2 is 1.87 bits per heavy atom. The summed E-state index contributed by atoms with van der Waals surface area (Å²) < 4.78 is 82.9. The van der Waals surface area contributed by atoms with Crippen LogP contribution < -0.4 is 5.56 Å². The molecule has 31 heavy (non-hydrogen) atoms. The normalized spacial score (nSPS) is 12.6. The lowest BCUT2D eigenvalue weighted by molar-refractivity contribution is -0.143. The number of nitrogens with zero attached hydrogens (tertiary/aromatic N) is 6. The van der Waals surface area contributed by atoms with Crippen molar-refractivity contribution in [2.45, 2.75) is 12.7 Å². The summed E-state index contributed by atoms with van der Waals surface area (Å²) >= 11 is 0. The first-order valence-electron chi connectivity index (χ1n) is 8.59. The van der Waals surface area contributed by atoms with E-state index in [1.165, 1.54) is 28.9 Å². The maximum Gasteiger partial charge on any atom is 0.436 e.